The summed E-state index contributed by atoms with van der Waals surface area (Å²) in [5.74, 6) is 0.103. The van der Waals surface area contributed by atoms with Crippen molar-refractivity contribution in [3.8, 4) is 0 Å². The number of hydrogen-bond acceptors (Lipinski definition) is 4. The zero-order chi connectivity index (χ0) is 14.5. The molecule has 2 saturated heterocycles. The Morgan fingerprint density at radius 2 is 1.90 bits per heavy atom. The minimum absolute atomic E-state index is 0.0130. The molecule has 3 rings (SSSR count). The van der Waals surface area contributed by atoms with Crippen molar-refractivity contribution >= 4 is 21.8 Å². The normalized spacial score (nSPS) is 33.5. The van der Waals surface area contributed by atoms with Crippen molar-refractivity contribution < 1.29 is 18.0 Å². The Morgan fingerprint density at radius 3 is 2.60 bits per heavy atom. The van der Waals surface area contributed by atoms with Crippen LogP contribution in [-0.2, 0) is 14.6 Å². The molecule has 0 unspecified atom stereocenters. The molecular weight excluding hydrogens is 280 g/mol. The van der Waals surface area contributed by atoms with Crippen LogP contribution < -0.4 is 0 Å². The predicted molar refractivity (Wildman–Crippen MR) is 72.8 cm³/mol. The number of sulfone groups is 1. The van der Waals surface area contributed by atoms with Crippen LogP contribution >= 0.6 is 0 Å². The van der Waals surface area contributed by atoms with Crippen molar-refractivity contribution in [1.29, 1.82) is 0 Å². The highest BCUT2D eigenvalue weighted by Crippen LogP contribution is 2.43. The Hall–Kier alpha value is -1.11. The number of carbonyl (C=O) groups excluding carboxylic acids is 2. The van der Waals surface area contributed by atoms with Crippen molar-refractivity contribution in [2.45, 2.75) is 44.2 Å². The van der Waals surface area contributed by atoms with Gasteiger partial charge in [-0.2, -0.15) is 0 Å². The third-order valence-electron chi connectivity index (χ3n) is 4.78. The van der Waals surface area contributed by atoms with Crippen LogP contribution in [0.3, 0.4) is 0 Å². The van der Waals surface area contributed by atoms with Crippen molar-refractivity contribution in [2.75, 3.05) is 18.6 Å². The molecule has 0 spiro atoms. The fourth-order valence-electron chi connectivity index (χ4n) is 3.83. The molecule has 0 N–H and O–H groups in total. The predicted octanol–water partition coefficient (Wildman–Crippen LogP) is 0.626. The van der Waals surface area contributed by atoms with Gasteiger partial charge in [-0.3, -0.25) is 9.69 Å². The van der Waals surface area contributed by atoms with E-state index in [1.54, 1.807) is 4.90 Å². The highest BCUT2D eigenvalue weighted by Gasteiger charge is 2.55. The van der Waals surface area contributed by atoms with Gasteiger partial charge in [0.2, 0.25) is 0 Å². The average Bonchev–Trinajstić information content (AvgIpc) is 2.85. The van der Waals surface area contributed by atoms with E-state index in [4.69, 9.17) is 0 Å². The summed E-state index contributed by atoms with van der Waals surface area (Å²) >= 11 is 0. The lowest BCUT2D eigenvalue weighted by Gasteiger charge is -2.30. The summed E-state index contributed by atoms with van der Waals surface area (Å²) in [7, 11) is -3.17. The molecule has 0 aromatic rings. The van der Waals surface area contributed by atoms with Crippen LogP contribution in [0.25, 0.3) is 0 Å². The lowest BCUT2D eigenvalue weighted by atomic mass is 9.84. The van der Waals surface area contributed by atoms with Crippen LogP contribution in [-0.4, -0.2) is 60.8 Å². The van der Waals surface area contributed by atoms with E-state index in [1.807, 2.05) is 0 Å². The molecule has 1 saturated carbocycles. The van der Waals surface area contributed by atoms with Crippen LogP contribution in [0.2, 0.25) is 0 Å². The quantitative estimate of drug-likeness (QED) is 0.716. The Labute approximate surface area is 119 Å². The van der Waals surface area contributed by atoms with Crippen molar-refractivity contribution in [2.24, 2.45) is 5.92 Å². The fraction of sp³-hybridized carbons (Fsp3) is 0.846. The summed E-state index contributed by atoms with van der Waals surface area (Å²) in [4.78, 5) is 27.6. The summed E-state index contributed by atoms with van der Waals surface area (Å²) < 4.78 is 22.4. The third-order valence-corrected chi connectivity index (χ3v) is 5.70. The minimum atomic E-state index is -3.17. The van der Waals surface area contributed by atoms with E-state index >= 15 is 0 Å². The summed E-state index contributed by atoms with van der Waals surface area (Å²) in [5, 5.41) is 0. The summed E-state index contributed by atoms with van der Waals surface area (Å²) in [6.45, 7) is -0.0130. The van der Waals surface area contributed by atoms with Gasteiger partial charge in [0.15, 0.2) is 0 Å². The van der Waals surface area contributed by atoms with Gasteiger partial charge in [-0.1, -0.05) is 12.8 Å². The van der Waals surface area contributed by atoms with E-state index in [-0.39, 0.29) is 36.3 Å². The van der Waals surface area contributed by atoms with Crippen LogP contribution in [0.1, 0.15) is 32.1 Å². The van der Waals surface area contributed by atoms with Crippen molar-refractivity contribution in [1.82, 2.24) is 9.80 Å². The number of imide groups is 1. The van der Waals surface area contributed by atoms with E-state index in [1.165, 1.54) is 6.42 Å². The standard InChI is InChI=1S/C13H20N2O4S/c1-20(18,19)7-6-14-12(16)11-8-9-4-2-3-5-10(9)15(11)13(14)17/h9-11H,2-8H2,1H3/t9-,10-,11+/m1/s1. The van der Waals surface area contributed by atoms with E-state index < -0.39 is 9.84 Å². The lowest BCUT2D eigenvalue weighted by molar-refractivity contribution is -0.127. The molecular formula is C13H20N2O4S. The van der Waals surface area contributed by atoms with Gasteiger partial charge in [-0.25, -0.2) is 13.2 Å². The number of fused-ring (bicyclic) bond motifs is 3. The molecule has 2 aliphatic heterocycles. The van der Waals surface area contributed by atoms with Gasteiger partial charge in [-0.15, -0.1) is 0 Å². The van der Waals surface area contributed by atoms with E-state index in [0.717, 1.165) is 36.8 Å². The molecule has 3 aliphatic rings. The van der Waals surface area contributed by atoms with Crippen LogP contribution in [0.5, 0.6) is 0 Å². The second-order valence-corrected chi connectivity index (χ2v) is 8.43. The SMILES string of the molecule is CS(=O)(=O)CCN1C(=O)[C@@H]2C[C@H]3CCCC[C@H]3N2C1=O. The third kappa shape index (κ3) is 2.21. The molecule has 7 heteroatoms. The topological polar surface area (TPSA) is 74.8 Å². The Morgan fingerprint density at radius 1 is 1.20 bits per heavy atom. The Balaban J connectivity index is 1.76. The maximum atomic E-state index is 12.4. The molecule has 112 valence electrons. The second kappa shape index (κ2) is 4.72. The zero-order valence-corrected chi connectivity index (χ0v) is 12.4. The molecule has 0 aromatic carbocycles. The number of hydrogen-bond donors (Lipinski definition) is 0. The van der Waals surface area contributed by atoms with Crippen LogP contribution in [0.4, 0.5) is 4.79 Å². The largest absolute Gasteiger partial charge is 0.327 e. The van der Waals surface area contributed by atoms with Crippen molar-refractivity contribution in [3.63, 3.8) is 0 Å². The summed E-state index contributed by atoms with van der Waals surface area (Å²) in [5.41, 5.74) is 0. The van der Waals surface area contributed by atoms with E-state index in [9.17, 15) is 18.0 Å². The first-order valence-electron chi connectivity index (χ1n) is 7.20. The number of urea groups is 1. The van der Waals surface area contributed by atoms with Gasteiger partial charge in [0, 0.05) is 18.8 Å². The molecule has 3 fully saturated rings. The molecule has 1 aliphatic carbocycles. The molecule has 3 atom stereocenters. The number of amides is 3. The first-order chi connectivity index (χ1) is 9.38. The smallest absolute Gasteiger partial charge is 0.309 e. The molecule has 2 heterocycles. The fourth-order valence-corrected chi connectivity index (χ4v) is 4.35. The van der Waals surface area contributed by atoms with Crippen LogP contribution in [0.15, 0.2) is 0 Å². The zero-order valence-electron chi connectivity index (χ0n) is 11.6. The Kier molecular flexibility index (Phi) is 3.27. The second-order valence-electron chi connectivity index (χ2n) is 6.17. The number of carbonyl (C=O) groups is 2. The monoisotopic (exact) mass is 300 g/mol. The first-order valence-corrected chi connectivity index (χ1v) is 9.26. The Bertz CT molecular complexity index is 545. The van der Waals surface area contributed by atoms with Gasteiger partial charge in [0.05, 0.1) is 5.75 Å². The van der Waals surface area contributed by atoms with E-state index in [2.05, 4.69) is 0 Å². The van der Waals surface area contributed by atoms with E-state index in [0.29, 0.717) is 5.92 Å². The van der Waals surface area contributed by atoms with Gasteiger partial charge >= 0.3 is 6.03 Å². The minimum Gasteiger partial charge on any atom is -0.309 e. The van der Waals surface area contributed by atoms with Gasteiger partial charge in [0.25, 0.3) is 5.91 Å². The van der Waals surface area contributed by atoms with Gasteiger partial charge in [0.1, 0.15) is 15.9 Å². The highest BCUT2D eigenvalue weighted by molar-refractivity contribution is 7.90. The molecule has 6 nitrogen and oxygen atoms in total. The molecule has 0 bridgehead atoms. The molecule has 3 amide bonds. The summed E-state index contributed by atoms with van der Waals surface area (Å²) in [6.07, 6.45) is 6.24. The molecule has 20 heavy (non-hydrogen) atoms. The number of rotatable bonds is 3. The first kappa shape index (κ1) is 13.9. The van der Waals surface area contributed by atoms with Crippen LogP contribution in [0, 0.1) is 5.92 Å². The molecule has 0 aromatic heterocycles. The number of nitrogens with zero attached hydrogens (tertiary/aromatic N) is 2. The maximum absolute atomic E-state index is 12.4. The summed E-state index contributed by atoms with van der Waals surface area (Å²) in [6, 6.07) is -0.429. The highest BCUT2D eigenvalue weighted by atomic mass is 32.2. The van der Waals surface area contributed by atoms with Gasteiger partial charge < -0.3 is 4.90 Å². The van der Waals surface area contributed by atoms with Gasteiger partial charge in [-0.05, 0) is 25.2 Å². The average molecular weight is 300 g/mol. The van der Waals surface area contributed by atoms with Crippen molar-refractivity contribution in [3.05, 3.63) is 0 Å². The maximum Gasteiger partial charge on any atom is 0.327 e. The molecule has 0 radical (unpaired) electrons. The lowest BCUT2D eigenvalue weighted by Crippen LogP contribution is -2.42.